The quantitative estimate of drug-likeness (QED) is 0.816. The first-order valence-electron chi connectivity index (χ1n) is 5.98. The molecule has 2 rings (SSSR count). The summed E-state index contributed by atoms with van der Waals surface area (Å²) in [6.45, 7) is 3.94. The highest BCUT2D eigenvalue weighted by atomic mass is 16.5. The number of carboxylic acid groups (broad SMARTS) is 1. The van der Waals surface area contributed by atoms with Crippen molar-refractivity contribution in [1.29, 1.82) is 0 Å². The highest BCUT2D eigenvalue weighted by molar-refractivity contribution is 5.68. The minimum atomic E-state index is -0.917. The van der Waals surface area contributed by atoms with Crippen molar-refractivity contribution in [3.63, 3.8) is 0 Å². The minimum Gasteiger partial charge on any atom is -0.480 e. The Hall–Kier alpha value is -1.47. The first kappa shape index (κ1) is 13.0. The summed E-state index contributed by atoms with van der Waals surface area (Å²) in [6.07, 6.45) is 1.72. The molecule has 0 unspecified atom stereocenters. The lowest BCUT2D eigenvalue weighted by atomic mass is 10.1. The maximum absolute atomic E-state index is 10.4. The molecule has 1 aliphatic heterocycles. The van der Waals surface area contributed by atoms with Crippen molar-refractivity contribution in [1.82, 2.24) is 15.0 Å². The van der Waals surface area contributed by atoms with Crippen molar-refractivity contribution in [2.45, 2.75) is 32.4 Å². The molecule has 1 saturated heterocycles. The summed E-state index contributed by atoms with van der Waals surface area (Å²) in [5.74, 6) is 0.349. The van der Waals surface area contributed by atoms with Crippen LogP contribution in [0.25, 0.3) is 0 Å². The van der Waals surface area contributed by atoms with E-state index in [2.05, 4.69) is 15.0 Å². The van der Waals surface area contributed by atoms with Crippen molar-refractivity contribution in [2.24, 2.45) is 0 Å². The molecule has 0 saturated carbocycles. The number of nitrogens with zero attached hydrogens (tertiary/aromatic N) is 3. The average Bonchev–Trinajstić information content (AvgIpc) is 2.74. The molecule has 0 amide bonds. The molecule has 100 valence electrons. The average molecular weight is 255 g/mol. The largest absolute Gasteiger partial charge is 0.480 e. The van der Waals surface area contributed by atoms with Crippen molar-refractivity contribution < 1.29 is 19.2 Å². The number of aliphatic carboxylic acids is 1. The Morgan fingerprint density at radius 3 is 2.83 bits per heavy atom. The molecule has 0 aromatic carbocycles. The van der Waals surface area contributed by atoms with Crippen LogP contribution in [0.3, 0.4) is 0 Å². The first-order valence-corrected chi connectivity index (χ1v) is 5.98. The lowest BCUT2D eigenvalue weighted by Gasteiger charge is -2.30. The van der Waals surface area contributed by atoms with Gasteiger partial charge in [0.25, 0.3) is 0 Å². The van der Waals surface area contributed by atoms with Gasteiger partial charge in [-0.25, -0.2) is 4.79 Å². The van der Waals surface area contributed by atoms with Gasteiger partial charge in [0.05, 0.1) is 12.6 Å². The fourth-order valence-electron chi connectivity index (χ4n) is 2.03. The van der Waals surface area contributed by atoms with E-state index in [4.69, 9.17) is 14.4 Å². The fraction of sp³-hybridized carbons (Fsp3) is 0.727. The summed E-state index contributed by atoms with van der Waals surface area (Å²) in [5, 5.41) is 12.4. The van der Waals surface area contributed by atoms with Crippen LogP contribution < -0.4 is 0 Å². The van der Waals surface area contributed by atoms with Gasteiger partial charge < -0.3 is 14.4 Å². The topological polar surface area (TPSA) is 88.7 Å². The number of hydrogen-bond donors (Lipinski definition) is 1. The Kier molecular flexibility index (Phi) is 4.27. The smallest absolute Gasteiger partial charge is 0.329 e. The zero-order chi connectivity index (χ0) is 13.0. The molecule has 0 aliphatic carbocycles. The van der Waals surface area contributed by atoms with Crippen LogP contribution in [0.5, 0.6) is 0 Å². The van der Waals surface area contributed by atoms with E-state index in [9.17, 15) is 4.79 Å². The maximum atomic E-state index is 10.4. The van der Waals surface area contributed by atoms with Gasteiger partial charge in [0.1, 0.15) is 6.61 Å². The van der Waals surface area contributed by atoms with E-state index in [1.807, 2.05) is 0 Å². The number of likely N-dealkylation sites (tertiary alicyclic amines) is 1. The van der Waals surface area contributed by atoms with E-state index < -0.39 is 5.97 Å². The fourth-order valence-corrected chi connectivity index (χ4v) is 2.03. The number of aryl methyl sites for hydroxylation is 1. The molecule has 0 atom stereocenters. The Bertz CT molecular complexity index is 399. The van der Waals surface area contributed by atoms with Crippen molar-refractivity contribution in [3.8, 4) is 0 Å². The molecule has 0 radical (unpaired) electrons. The predicted molar refractivity (Wildman–Crippen MR) is 60.9 cm³/mol. The molecule has 1 aliphatic rings. The molecule has 7 heteroatoms. The van der Waals surface area contributed by atoms with Crippen LogP contribution in [0.4, 0.5) is 0 Å². The highest BCUT2D eigenvalue weighted by Crippen LogP contribution is 2.15. The number of carboxylic acids is 1. The van der Waals surface area contributed by atoms with Crippen LogP contribution in [0.1, 0.15) is 24.6 Å². The summed E-state index contributed by atoms with van der Waals surface area (Å²) >= 11 is 0. The second kappa shape index (κ2) is 5.92. The number of piperidine rings is 1. The molecule has 1 N–H and O–H groups in total. The third kappa shape index (κ3) is 3.78. The summed E-state index contributed by atoms with van der Waals surface area (Å²) < 4.78 is 10.2. The van der Waals surface area contributed by atoms with Gasteiger partial charge in [0.15, 0.2) is 5.82 Å². The Labute approximate surface area is 105 Å². The SMILES string of the molecule is Cc1nc(CN2CCC(OCC(=O)O)CC2)no1. The van der Waals surface area contributed by atoms with Gasteiger partial charge in [-0.15, -0.1) is 0 Å². The Morgan fingerprint density at radius 1 is 1.56 bits per heavy atom. The first-order chi connectivity index (χ1) is 8.63. The molecule has 0 bridgehead atoms. The highest BCUT2D eigenvalue weighted by Gasteiger charge is 2.21. The summed E-state index contributed by atoms with van der Waals surface area (Å²) in [4.78, 5) is 16.8. The van der Waals surface area contributed by atoms with Crippen LogP contribution in [-0.4, -0.2) is 51.9 Å². The molecule has 1 aromatic rings. The minimum absolute atomic E-state index is 0.0457. The number of ether oxygens (including phenoxy) is 1. The molecule has 1 aromatic heterocycles. The monoisotopic (exact) mass is 255 g/mol. The third-order valence-electron chi connectivity index (χ3n) is 2.91. The van der Waals surface area contributed by atoms with E-state index >= 15 is 0 Å². The van der Waals surface area contributed by atoms with Crippen LogP contribution in [0.15, 0.2) is 4.52 Å². The van der Waals surface area contributed by atoms with Crippen molar-refractivity contribution >= 4 is 5.97 Å². The van der Waals surface area contributed by atoms with Crippen molar-refractivity contribution in [2.75, 3.05) is 19.7 Å². The molecular weight excluding hydrogens is 238 g/mol. The van der Waals surface area contributed by atoms with Crippen LogP contribution in [-0.2, 0) is 16.1 Å². The Morgan fingerprint density at radius 2 is 2.28 bits per heavy atom. The molecule has 7 nitrogen and oxygen atoms in total. The zero-order valence-electron chi connectivity index (χ0n) is 10.3. The van der Waals surface area contributed by atoms with Crippen LogP contribution in [0.2, 0.25) is 0 Å². The lowest BCUT2D eigenvalue weighted by Crippen LogP contribution is -2.37. The number of rotatable bonds is 5. The predicted octanol–water partition coefficient (Wildman–Crippen LogP) is 0.444. The molecular formula is C11H17N3O4. The second-order valence-electron chi connectivity index (χ2n) is 4.41. The maximum Gasteiger partial charge on any atom is 0.329 e. The van der Waals surface area contributed by atoms with Crippen LogP contribution >= 0.6 is 0 Å². The van der Waals surface area contributed by atoms with E-state index in [0.717, 1.165) is 25.9 Å². The molecule has 0 spiro atoms. The van der Waals surface area contributed by atoms with Gasteiger partial charge in [-0.2, -0.15) is 4.98 Å². The standard InChI is InChI=1S/C11H17N3O4/c1-8-12-10(13-18-8)6-14-4-2-9(3-5-14)17-7-11(15)16/h9H,2-7H2,1H3,(H,15,16). The number of aromatic nitrogens is 2. The van der Waals surface area contributed by atoms with Crippen LogP contribution in [0, 0.1) is 6.92 Å². The normalized spacial score (nSPS) is 18.1. The summed E-state index contributed by atoms with van der Waals surface area (Å²) in [6, 6.07) is 0. The molecule has 1 fully saturated rings. The van der Waals surface area contributed by atoms with E-state index in [-0.39, 0.29) is 12.7 Å². The van der Waals surface area contributed by atoms with E-state index in [1.54, 1.807) is 6.92 Å². The molecule has 18 heavy (non-hydrogen) atoms. The zero-order valence-corrected chi connectivity index (χ0v) is 10.3. The number of hydrogen-bond acceptors (Lipinski definition) is 6. The third-order valence-corrected chi connectivity index (χ3v) is 2.91. The summed E-state index contributed by atoms with van der Waals surface area (Å²) in [7, 11) is 0. The van der Waals surface area contributed by atoms with Gasteiger partial charge in [0.2, 0.25) is 5.89 Å². The van der Waals surface area contributed by atoms with Gasteiger partial charge in [-0.3, -0.25) is 4.90 Å². The number of carbonyl (C=O) groups is 1. The summed E-state index contributed by atoms with van der Waals surface area (Å²) in [5.41, 5.74) is 0. The van der Waals surface area contributed by atoms with Crippen molar-refractivity contribution in [3.05, 3.63) is 11.7 Å². The van der Waals surface area contributed by atoms with Gasteiger partial charge >= 0.3 is 5.97 Å². The van der Waals surface area contributed by atoms with Gasteiger partial charge in [0, 0.05) is 20.0 Å². The molecule has 2 heterocycles. The van der Waals surface area contributed by atoms with E-state index in [1.165, 1.54) is 0 Å². The van der Waals surface area contributed by atoms with Gasteiger partial charge in [-0.05, 0) is 12.8 Å². The Balaban J connectivity index is 1.71. The van der Waals surface area contributed by atoms with E-state index in [0.29, 0.717) is 18.3 Å². The van der Waals surface area contributed by atoms with Gasteiger partial charge in [-0.1, -0.05) is 5.16 Å². The lowest BCUT2D eigenvalue weighted by molar-refractivity contribution is -0.145. The second-order valence-corrected chi connectivity index (χ2v) is 4.41.